The van der Waals surface area contributed by atoms with E-state index in [0.29, 0.717) is 6.04 Å². The third-order valence-electron chi connectivity index (χ3n) is 5.15. The van der Waals surface area contributed by atoms with Crippen molar-refractivity contribution in [3.8, 4) is 0 Å². The Labute approximate surface area is 135 Å². The average molecular weight is 301 g/mol. The Bertz CT molecular complexity index is 527. The lowest BCUT2D eigenvalue weighted by Crippen LogP contribution is -2.46. The maximum Gasteiger partial charge on any atom is 0.0713 e. The molecule has 3 heteroatoms. The summed E-state index contributed by atoms with van der Waals surface area (Å²) in [4.78, 5) is 10.1. The van der Waals surface area contributed by atoms with E-state index in [4.69, 9.17) is 4.98 Å². The van der Waals surface area contributed by atoms with Gasteiger partial charge in [-0.25, -0.2) is 0 Å². The molecule has 2 aliphatic rings. The van der Waals surface area contributed by atoms with Gasteiger partial charge in [0.05, 0.1) is 11.4 Å². The van der Waals surface area contributed by atoms with Gasteiger partial charge in [-0.3, -0.25) is 4.98 Å². The standard InChI is InChI=1S/C19H31N3/c1-14(2)12-21-10-8-16(9-11-21)22-13-19(4,5)18-17(22)7-6-15(3)20-18/h6-7,14,16H,8-13H2,1-5H3. The van der Waals surface area contributed by atoms with Crippen LogP contribution in [0.1, 0.15) is 51.9 Å². The van der Waals surface area contributed by atoms with Crippen molar-refractivity contribution in [2.45, 2.75) is 58.9 Å². The van der Waals surface area contributed by atoms with E-state index in [-0.39, 0.29) is 5.41 Å². The smallest absolute Gasteiger partial charge is 0.0713 e. The topological polar surface area (TPSA) is 19.4 Å². The quantitative estimate of drug-likeness (QED) is 0.850. The van der Waals surface area contributed by atoms with Crippen LogP contribution < -0.4 is 4.90 Å². The average Bonchev–Trinajstić information content (AvgIpc) is 2.71. The molecule has 0 aliphatic carbocycles. The maximum atomic E-state index is 4.85. The summed E-state index contributed by atoms with van der Waals surface area (Å²) in [5.41, 5.74) is 4.01. The number of aromatic nitrogens is 1. The molecule has 3 heterocycles. The minimum atomic E-state index is 0.177. The van der Waals surface area contributed by atoms with E-state index in [1.165, 1.54) is 43.9 Å². The van der Waals surface area contributed by atoms with Gasteiger partial charge in [-0.05, 0) is 37.8 Å². The monoisotopic (exact) mass is 301 g/mol. The summed E-state index contributed by atoms with van der Waals surface area (Å²) in [7, 11) is 0. The number of hydrogen-bond donors (Lipinski definition) is 0. The molecule has 1 saturated heterocycles. The van der Waals surface area contributed by atoms with Crippen molar-refractivity contribution < 1.29 is 0 Å². The highest BCUT2D eigenvalue weighted by molar-refractivity contribution is 5.60. The number of pyridine rings is 1. The van der Waals surface area contributed by atoms with Gasteiger partial charge in [-0.15, -0.1) is 0 Å². The summed E-state index contributed by atoms with van der Waals surface area (Å²) in [5, 5.41) is 0. The fraction of sp³-hybridized carbons (Fsp3) is 0.737. The number of piperidine rings is 1. The predicted molar refractivity (Wildman–Crippen MR) is 93.6 cm³/mol. The van der Waals surface area contributed by atoms with Gasteiger partial charge in [0.2, 0.25) is 0 Å². The van der Waals surface area contributed by atoms with E-state index in [1.54, 1.807) is 0 Å². The summed E-state index contributed by atoms with van der Waals surface area (Å²) in [5.74, 6) is 0.773. The molecule has 0 spiro atoms. The highest BCUT2D eigenvalue weighted by Gasteiger charge is 2.40. The van der Waals surface area contributed by atoms with Crippen LogP contribution in [0.15, 0.2) is 12.1 Å². The first-order chi connectivity index (χ1) is 10.4. The summed E-state index contributed by atoms with van der Waals surface area (Å²) >= 11 is 0. The van der Waals surface area contributed by atoms with Crippen LogP contribution in [0, 0.1) is 12.8 Å². The lowest BCUT2D eigenvalue weighted by atomic mass is 9.91. The Morgan fingerprint density at radius 3 is 2.55 bits per heavy atom. The van der Waals surface area contributed by atoms with Gasteiger partial charge in [0.15, 0.2) is 0 Å². The molecular formula is C19H31N3. The van der Waals surface area contributed by atoms with Gasteiger partial charge in [0.25, 0.3) is 0 Å². The van der Waals surface area contributed by atoms with Gasteiger partial charge in [0, 0.05) is 43.3 Å². The number of aryl methyl sites for hydroxylation is 1. The molecule has 0 aromatic carbocycles. The lowest BCUT2D eigenvalue weighted by molar-refractivity contribution is 0.189. The number of rotatable bonds is 3. The van der Waals surface area contributed by atoms with Crippen molar-refractivity contribution in [2.75, 3.05) is 31.1 Å². The second kappa shape index (κ2) is 5.84. The Balaban J connectivity index is 1.73. The third kappa shape index (κ3) is 3.01. The molecule has 3 nitrogen and oxygen atoms in total. The number of nitrogens with zero attached hydrogens (tertiary/aromatic N) is 3. The molecule has 1 aromatic rings. The molecule has 2 aliphatic heterocycles. The summed E-state index contributed by atoms with van der Waals surface area (Å²) in [6, 6.07) is 5.15. The Morgan fingerprint density at radius 1 is 1.23 bits per heavy atom. The fourth-order valence-electron chi connectivity index (χ4n) is 4.12. The zero-order valence-corrected chi connectivity index (χ0v) is 14.9. The van der Waals surface area contributed by atoms with E-state index in [9.17, 15) is 0 Å². The Hall–Kier alpha value is -1.09. The van der Waals surface area contributed by atoms with Crippen LogP contribution in [0.5, 0.6) is 0 Å². The predicted octanol–water partition coefficient (Wildman–Crippen LogP) is 3.61. The molecule has 3 rings (SSSR count). The highest BCUT2D eigenvalue weighted by atomic mass is 15.2. The molecule has 0 atom stereocenters. The first-order valence-corrected chi connectivity index (χ1v) is 8.84. The van der Waals surface area contributed by atoms with E-state index >= 15 is 0 Å². The molecule has 0 N–H and O–H groups in total. The molecule has 0 amide bonds. The SMILES string of the molecule is Cc1ccc2c(n1)C(C)(C)CN2C1CCN(CC(C)C)CC1. The summed E-state index contributed by atoms with van der Waals surface area (Å²) < 4.78 is 0. The fourth-order valence-corrected chi connectivity index (χ4v) is 4.12. The Kier molecular flexibility index (Phi) is 4.19. The van der Waals surface area contributed by atoms with Crippen molar-refractivity contribution >= 4 is 5.69 Å². The third-order valence-corrected chi connectivity index (χ3v) is 5.15. The van der Waals surface area contributed by atoms with Crippen molar-refractivity contribution in [2.24, 2.45) is 5.92 Å². The van der Waals surface area contributed by atoms with Crippen LogP contribution in [0.4, 0.5) is 5.69 Å². The largest absolute Gasteiger partial charge is 0.366 e. The highest BCUT2D eigenvalue weighted by Crippen LogP contribution is 2.41. The zero-order valence-electron chi connectivity index (χ0n) is 14.9. The molecule has 1 fully saturated rings. The van der Waals surface area contributed by atoms with Gasteiger partial charge in [0.1, 0.15) is 0 Å². The molecule has 0 unspecified atom stereocenters. The number of likely N-dealkylation sites (tertiary alicyclic amines) is 1. The number of fused-ring (bicyclic) bond motifs is 1. The van der Waals surface area contributed by atoms with Crippen molar-refractivity contribution in [3.63, 3.8) is 0 Å². The number of anilines is 1. The van der Waals surface area contributed by atoms with E-state index in [0.717, 1.165) is 18.2 Å². The molecule has 0 saturated carbocycles. The molecule has 1 aromatic heterocycles. The minimum absolute atomic E-state index is 0.177. The van der Waals surface area contributed by atoms with E-state index in [1.807, 2.05) is 0 Å². The molecular weight excluding hydrogens is 270 g/mol. The maximum absolute atomic E-state index is 4.85. The molecule has 122 valence electrons. The van der Waals surface area contributed by atoms with Crippen molar-refractivity contribution in [1.82, 2.24) is 9.88 Å². The second-order valence-electron chi connectivity index (χ2n) is 8.26. The van der Waals surface area contributed by atoms with Crippen LogP contribution in [-0.2, 0) is 5.41 Å². The summed E-state index contributed by atoms with van der Waals surface area (Å²) in [6.07, 6.45) is 2.58. The van der Waals surface area contributed by atoms with Crippen LogP contribution in [0.25, 0.3) is 0 Å². The lowest BCUT2D eigenvalue weighted by Gasteiger charge is -2.39. The normalized spacial score (nSPS) is 22.4. The summed E-state index contributed by atoms with van der Waals surface area (Å²) in [6.45, 7) is 16.3. The van der Waals surface area contributed by atoms with Crippen molar-refractivity contribution in [3.05, 3.63) is 23.5 Å². The first-order valence-electron chi connectivity index (χ1n) is 8.84. The van der Waals surface area contributed by atoms with E-state index < -0.39 is 0 Å². The van der Waals surface area contributed by atoms with Crippen LogP contribution >= 0.6 is 0 Å². The molecule has 0 radical (unpaired) electrons. The Morgan fingerprint density at radius 2 is 1.91 bits per heavy atom. The van der Waals surface area contributed by atoms with Gasteiger partial charge in [-0.2, -0.15) is 0 Å². The minimum Gasteiger partial charge on any atom is -0.366 e. The zero-order chi connectivity index (χ0) is 15.9. The number of hydrogen-bond acceptors (Lipinski definition) is 3. The van der Waals surface area contributed by atoms with Crippen LogP contribution in [0.3, 0.4) is 0 Å². The van der Waals surface area contributed by atoms with Gasteiger partial charge in [-0.1, -0.05) is 27.7 Å². The first kappa shape index (κ1) is 15.8. The molecule has 0 bridgehead atoms. The molecule has 22 heavy (non-hydrogen) atoms. The van der Waals surface area contributed by atoms with Crippen molar-refractivity contribution in [1.29, 1.82) is 0 Å². The van der Waals surface area contributed by atoms with Gasteiger partial charge >= 0.3 is 0 Å². The van der Waals surface area contributed by atoms with E-state index in [2.05, 4.69) is 56.6 Å². The van der Waals surface area contributed by atoms with Gasteiger partial charge < -0.3 is 9.80 Å². The van der Waals surface area contributed by atoms with Crippen LogP contribution in [0.2, 0.25) is 0 Å². The van der Waals surface area contributed by atoms with Crippen LogP contribution in [-0.4, -0.2) is 42.1 Å². The second-order valence-corrected chi connectivity index (χ2v) is 8.26.